The number of methoxy groups -OCH3 is 1. The molecule has 0 aromatic rings. The molecule has 3 N–H and O–H groups in total. The maximum absolute atomic E-state index is 8.91. The van der Waals surface area contributed by atoms with Crippen LogP contribution in [0.4, 0.5) is 0 Å². The molecular formula is C8H19NO4. The SMILES string of the molecule is COCCONCC(C)(CO)CO. The van der Waals surface area contributed by atoms with Crippen molar-refractivity contribution in [3.8, 4) is 0 Å². The summed E-state index contributed by atoms with van der Waals surface area (Å²) in [6.45, 7) is 2.98. The number of ether oxygens (including phenoxy) is 1. The topological polar surface area (TPSA) is 71.0 Å². The van der Waals surface area contributed by atoms with Crippen LogP contribution < -0.4 is 5.48 Å². The molecular weight excluding hydrogens is 174 g/mol. The van der Waals surface area contributed by atoms with Crippen LogP contribution in [0.1, 0.15) is 6.92 Å². The minimum Gasteiger partial charge on any atom is -0.396 e. The number of hydrogen-bond donors (Lipinski definition) is 3. The lowest BCUT2D eigenvalue weighted by molar-refractivity contribution is -0.0290. The molecule has 0 rings (SSSR count). The van der Waals surface area contributed by atoms with Crippen LogP contribution in [0.2, 0.25) is 0 Å². The molecule has 0 aliphatic heterocycles. The van der Waals surface area contributed by atoms with Crippen LogP contribution in [-0.2, 0) is 9.57 Å². The van der Waals surface area contributed by atoms with Crippen molar-refractivity contribution in [1.82, 2.24) is 5.48 Å². The molecule has 0 aromatic carbocycles. The number of aliphatic hydroxyl groups excluding tert-OH is 2. The summed E-state index contributed by atoms with van der Waals surface area (Å²) in [5.74, 6) is 0. The van der Waals surface area contributed by atoms with Gasteiger partial charge < -0.3 is 14.9 Å². The number of nitrogens with one attached hydrogen (secondary N) is 1. The summed E-state index contributed by atoms with van der Waals surface area (Å²) in [4.78, 5) is 4.98. The highest BCUT2D eigenvalue weighted by atomic mass is 16.7. The highest BCUT2D eigenvalue weighted by Crippen LogP contribution is 2.11. The maximum atomic E-state index is 8.91. The van der Waals surface area contributed by atoms with E-state index in [0.29, 0.717) is 19.8 Å². The molecule has 5 nitrogen and oxygen atoms in total. The second-order valence-corrected chi connectivity index (χ2v) is 3.29. The highest BCUT2D eigenvalue weighted by molar-refractivity contribution is 4.72. The van der Waals surface area contributed by atoms with Crippen molar-refractivity contribution in [2.45, 2.75) is 6.92 Å². The largest absolute Gasteiger partial charge is 0.396 e. The van der Waals surface area contributed by atoms with Crippen molar-refractivity contribution in [2.24, 2.45) is 5.41 Å². The molecule has 0 fully saturated rings. The number of hydrogen-bond acceptors (Lipinski definition) is 5. The molecule has 0 aliphatic carbocycles. The molecule has 80 valence electrons. The van der Waals surface area contributed by atoms with Gasteiger partial charge in [0.1, 0.15) is 0 Å². The van der Waals surface area contributed by atoms with E-state index in [1.165, 1.54) is 0 Å². The minimum atomic E-state index is -0.535. The van der Waals surface area contributed by atoms with Gasteiger partial charge in [0.2, 0.25) is 0 Å². The lowest BCUT2D eigenvalue weighted by Crippen LogP contribution is -2.38. The van der Waals surface area contributed by atoms with Crippen LogP contribution in [0.3, 0.4) is 0 Å². The predicted octanol–water partition coefficient (Wildman–Crippen LogP) is -0.855. The summed E-state index contributed by atoms with van der Waals surface area (Å²) in [6.07, 6.45) is 0. The first kappa shape index (κ1) is 12.8. The Bertz CT molecular complexity index is 117. The van der Waals surface area contributed by atoms with Crippen LogP contribution in [0.15, 0.2) is 0 Å². The van der Waals surface area contributed by atoms with E-state index in [0.717, 1.165) is 0 Å². The summed E-state index contributed by atoms with van der Waals surface area (Å²) in [7, 11) is 1.59. The van der Waals surface area contributed by atoms with E-state index in [1.807, 2.05) is 0 Å². The zero-order valence-electron chi connectivity index (χ0n) is 8.25. The Labute approximate surface area is 78.6 Å². The van der Waals surface area contributed by atoms with Gasteiger partial charge in [0, 0.05) is 19.1 Å². The Morgan fingerprint density at radius 3 is 2.31 bits per heavy atom. The summed E-state index contributed by atoms with van der Waals surface area (Å²) in [6, 6.07) is 0. The Kier molecular flexibility index (Phi) is 7.12. The fourth-order valence-corrected chi connectivity index (χ4v) is 0.584. The molecule has 0 amide bonds. The molecule has 0 bridgehead atoms. The second kappa shape index (κ2) is 7.23. The normalized spacial score (nSPS) is 12.0. The van der Waals surface area contributed by atoms with Crippen LogP contribution >= 0.6 is 0 Å². The Morgan fingerprint density at radius 1 is 1.23 bits per heavy atom. The lowest BCUT2D eigenvalue weighted by atomic mass is 9.94. The molecule has 0 aliphatic rings. The summed E-state index contributed by atoms with van der Waals surface area (Å²) >= 11 is 0. The third-order valence-electron chi connectivity index (χ3n) is 1.75. The fraction of sp³-hybridized carbons (Fsp3) is 1.00. The van der Waals surface area contributed by atoms with Gasteiger partial charge >= 0.3 is 0 Å². The number of hydroxylamine groups is 1. The maximum Gasteiger partial charge on any atom is 0.0915 e. The van der Waals surface area contributed by atoms with Crippen molar-refractivity contribution < 1.29 is 19.8 Å². The van der Waals surface area contributed by atoms with Crippen molar-refractivity contribution in [2.75, 3.05) is 40.1 Å². The Hall–Kier alpha value is -0.200. The van der Waals surface area contributed by atoms with E-state index >= 15 is 0 Å². The molecule has 13 heavy (non-hydrogen) atoms. The molecule has 0 saturated carbocycles. The zero-order valence-corrected chi connectivity index (χ0v) is 8.25. The van der Waals surface area contributed by atoms with Crippen LogP contribution in [-0.4, -0.2) is 50.3 Å². The van der Waals surface area contributed by atoms with Crippen molar-refractivity contribution >= 4 is 0 Å². The molecule has 0 unspecified atom stereocenters. The average molecular weight is 193 g/mol. The quantitative estimate of drug-likeness (QED) is 0.346. The monoisotopic (exact) mass is 193 g/mol. The fourth-order valence-electron chi connectivity index (χ4n) is 0.584. The van der Waals surface area contributed by atoms with Gasteiger partial charge in [0.15, 0.2) is 0 Å². The first-order valence-corrected chi connectivity index (χ1v) is 4.24. The van der Waals surface area contributed by atoms with E-state index in [1.54, 1.807) is 14.0 Å². The average Bonchev–Trinajstić information content (AvgIpc) is 2.17. The molecule has 0 spiro atoms. The first-order valence-electron chi connectivity index (χ1n) is 4.24. The molecule has 0 radical (unpaired) electrons. The van der Waals surface area contributed by atoms with Gasteiger partial charge in [-0.3, -0.25) is 4.84 Å². The third kappa shape index (κ3) is 5.95. The lowest BCUT2D eigenvalue weighted by Gasteiger charge is -2.24. The summed E-state index contributed by atoms with van der Waals surface area (Å²) in [5.41, 5.74) is 2.13. The van der Waals surface area contributed by atoms with E-state index in [4.69, 9.17) is 19.8 Å². The number of aliphatic hydroxyl groups is 2. The highest BCUT2D eigenvalue weighted by Gasteiger charge is 2.21. The van der Waals surface area contributed by atoms with Gasteiger partial charge in [-0.1, -0.05) is 6.92 Å². The van der Waals surface area contributed by atoms with Gasteiger partial charge in [-0.05, 0) is 0 Å². The van der Waals surface area contributed by atoms with Crippen LogP contribution in [0, 0.1) is 5.41 Å². The van der Waals surface area contributed by atoms with E-state index in [9.17, 15) is 0 Å². The summed E-state index contributed by atoms with van der Waals surface area (Å²) < 4.78 is 4.76. The third-order valence-corrected chi connectivity index (χ3v) is 1.75. The minimum absolute atomic E-state index is 0.0792. The van der Waals surface area contributed by atoms with Gasteiger partial charge in [0.05, 0.1) is 26.4 Å². The Morgan fingerprint density at radius 2 is 1.85 bits per heavy atom. The van der Waals surface area contributed by atoms with Crippen molar-refractivity contribution in [3.63, 3.8) is 0 Å². The van der Waals surface area contributed by atoms with Gasteiger partial charge in [0.25, 0.3) is 0 Å². The van der Waals surface area contributed by atoms with E-state index < -0.39 is 5.41 Å². The molecule has 0 saturated heterocycles. The Balaban J connectivity index is 3.39. The van der Waals surface area contributed by atoms with E-state index in [-0.39, 0.29) is 13.2 Å². The molecule has 0 atom stereocenters. The van der Waals surface area contributed by atoms with Crippen LogP contribution in [0.25, 0.3) is 0 Å². The van der Waals surface area contributed by atoms with Crippen molar-refractivity contribution in [1.29, 1.82) is 0 Å². The van der Waals surface area contributed by atoms with Crippen LogP contribution in [0.5, 0.6) is 0 Å². The van der Waals surface area contributed by atoms with Gasteiger partial charge in [-0.2, -0.15) is 0 Å². The first-order chi connectivity index (χ1) is 6.18. The van der Waals surface area contributed by atoms with Gasteiger partial charge in [-0.25, -0.2) is 5.48 Å². The second-order valence-electron chi connectivity index (χ2n) is 3.29. The predicted molar refractivity (Wildman–Crippen MR) is 48.1 cm³/mol. The smallest absolute Gasteiger partial charge is 0.0915 e. The van der Waals surface area contributed by atoms with E-state index in [2.05, 4.69) is 5.48 Å². The molecule has 5 heteroatoms. The van der Waals surface area contributed by atoms with Crippen molar-refractivity contribution in [3.05, 3.63) is 0 Å². The summed E-state index contributed by atoms with van der Waals surface area (Å²) in [5, 5.41) is 17.8. The molecule has 0 heterocycles. The van der Waals surface area contributed by atoms with Gasteiger partial charge in [-0.15, -0.1) is 0 Å². The standard InChI is InChI=1S/C8H19NO4/c1-8(6-10,7-11)5-9-13-4-3-12-2/h9-11H,3-7H2,1-2H3. The molecule has 0 aromatic heterocycles. The zero-order chi connectivity index (χ0) is 10.2. The number of rotatable bonds is 8.